The highest BCUT2D eigenvalue weighted by Gasteiger charge is 2.32. The van der Waals surface area contributed by atoms with Crippen molar-refractivity contribution >= 4 is 17.1 Å². The largest absolute Gasteiger partial charge is 0.294 e. The monoisotopic (exact) mass is 429 g/mol. The number of carbonyl (C=O) groups excluding carboxylic acids is 1. The third kappa shape index (κ3) is 3.91. The summed E-state index contributed by atoms with van der Waals surface area (Å²) in [7, 11) is 0. The third-order valence-electron chi connectivity index (χ3n) is 5.46. The first-order valence-electron chi connectivity index (χ1n) is 10.1. The van der Waals surface area contributed by atoms with Crippen LogP contribution in [-0.4, -0.2) is 20.7 Å². The van der Waals surface area contributed by atoms with Crippen LogP contribution in [0.15, 0.2) is 61.1 Å². The average molecular weight is 430 g/mol. The van der Waals surface area contributed by atoms with Crippen molar-refractivity contribution in [3.8, 4) is 32.3 Å². The predicted molar refractivity (Wildman–Crippen MR) is 120 cm³/mol. The molecule has 4 aromatic rings. The Balaban J connectivity index is 1.50. The summed E-state index contributed by atoms with van der Waals surface area (Å²) in [5.41, 5.74) is 4.59. The van der Waals surface area contributed by atoms with Gasteiger partial charge in [0.05, 0.1) is 16.3 Å². The van der Waals surface area contributed by atoms with E-state index in [1.807, 2.05) is 30.3 Å². The van der Waals surface area contributed by atoms with E-state index in [-0.39, 0.29) is 17.0 Å². The number of pyridine rings is 2. The zero-order valence-corrected chi connectivity index (χ0v) is 18.0. The maximum atomic E-state index is 14.3. The molecule has 5 rings (SSSR count). The molecule has 1 aliphatic rings. The molecular weight excluding hydrogens is 409 g/mol. The molecule has 0 saturated heterocycles. The van der Waals surface area contributed by atoms with Crippen LogP contribution >= 0.6 is 11.3 Å². The summed E-state index contributed by atoms with van der Waals surface area (Å²) in [6.45, 7) is 4.18. The van der Waals surface area contributed by atoms with Crippen molar-refractivity contribution in [2.45, 2.75) is 26.7 Å². The first-order chi connectivity index (χ1) is 14.9. The van der Waals surface area contributed by atoms with Gasteiger partial charge in [0, 0.05) is 36.1 Å². The van der Waals surface area contributed by atoms with Crippen LogP contribution in [0.2, 0.25) is 0 Å². The molecule has 0 fully saturated rings. The number of halogens is 1. The molecule has 0 unspecified atom stereocenters. The van der Waals surface area contributed by atoms with Gasteiger partial charge in [-0.3, -0.25) is 9.78 Å². The van der Waals surface area contributed by atoms with Gasteiger partial charge in [-0.1, -0.05) is 19.9 Å². The van der Waals surface area contributed by atoms with Crippen molar-refractivity contribution in [3.63, 3.8) is 0 Å². The second-order valence-corrected chi connectivity index (χ2v) is 9.66. The van der Waals surface area contributed by atoms with Crippen molar-refractivity contribution in [3.05, 3.63) is 78.1 Å². The van der Waals surface area contributed by atoms with E-state index >= 15 is 0 Å². The van der Waals surface area contributed by atoms with Crippen molar-refractivity contribution in [1.29, 1.82) is 0 Å². The molecule has 4 nitrogen and oxygen atoms in total. The fourth-order valence-electron chi connectivity index (χ4n) is 4.01. The number of hydrogen-bond acceptors (Lipinski definition) is 5. The van der Waals surface area contributed by atoms with Gasteiger partial charge in [-0.2, -0.15) is 0 Å². The lowest BCUT2D eigenvalue weighted by atomic mass is 9.75. The Hall–Kier alpha value is -3.25. The van der Waals surface area contributed by atoms with Crippen LogP contribution in [0.5, 0.6) is 0 Å². The zero-order chi connectivity index (χ0) is 21.6. The third-order valence-corrected chi connectivity index (χ3v) is 6.53. The van der Waals surface area contributed by atoms with Gasteiger partial charge in [-0.05, 0) is 59.4 Å². The Morgan fingerprint density at radius 3 is 2.65 bits per heavy atom. The van der Waals surface area contributed by atoms with Crippen LogP contribution in [0, 0.1) is 11.2 Å². The van der Waals surface area contributed by atoms with Crippen molar-refractivity contribution in [1.82, 2.24) is 15.0 Å². The number of aromatic nitrogens is 3. The van der Waals surface area contributed by atoms with E-state index in [1.54, 1.807) is 18.6 Å². The summed E-state index contributed by atoms with van der Waals surface area (Å²) in [6, 6.07) is 12.4. The van der Waals surface area contributed by atoms with Gasteiger partial charge < -0.3 is 0 Å². The normalized spacial score (nSPS) is 15.0. The number of fused-ring (bicyclic) bond motifs is 1. The molecule has 0 aliphatic heterocycles. The smallest absolute Gasteiger partial charge is 0.165 e. The quantitative estimate of drug-likeness (QED) is 0.387. The molecule has 0 bridgehead atoms. The van der Waals surface area contributed by atoms with Crippen molar-refractivity contribution in [2.24, 2.45) is 5.41 Å². The van der Waals surface area contributed by atoms with E-state index in [0.29, 0.717) is 12.0 Å². The molecule has 0 radical (unpaired) electrons. The minimum absolute atomic E-state index is 0.0893. The molecule has 31 heavy (non-hydrogen) atoms. The molecule has 0 amide bonds. The van der Waals surface area contributed by atoms with Gasteiger partial charge in [0.25, 0.3) is 0 Å². The molecule has 1 aliphatic carbocycles. The molecule has 1 aromatic carbocycles. The lowest BCUT2D eigenvalue weighted by molar-refractivity contribution is 0.0910. The van der Waals surface area contributed by atoms with E-state index in [1.165, 1.54) is 23.5 Å². The molecule has 0 N–H and O–H groups in total. The molecular formula is C25H20FN3OS. The summed E-state index contributed by atoms with van der Waals surface area (Å²) in [5, 5.41) is 0.751. The number of thiazole rings is 1. The van der Waals surface area contributed by atoms with Crippen LogP contribution in [-0.2, 0) is 6.42 Å². The zero-order valence-electron chi connectivity index (χ0n) is 17.2. The highest BCUT2D eigenvalue weighted by Crippen LogP contribution is 2.37. The maximum Gasteiger partial charge on any atom is 0.165 e. The maximum absolute atomic E-state index is 14.3. The van der Waals surface area contributed by atoms with Crippen LogP contribution in [0.1, 0.15) is 36.3 Å². The van der Waals surface area contributed by atoms with Crippen LogP contribution in [0.25, 0.3) is 32.3 Å². The van der Waals surface area contributed by atoms with Gasteiger partial charge in [0.15, 0.2) is 5.78 Å². The number of ketones is 1. The second kappa shape index (κ2) is 7.46. The lowest BCUT2D eigenvalue weighted by Gasteiger charge is -2.29. The Kier molecular flexibility index (Phi) is 4.74. The van der Waals surface area contributed by atoms with Crippen LogP contribution < -0.4 is 0 Å². The number of nitrogens with zero attached hydrogens (tertiary/aromatic N) is 3. The lowest BCUT2D eigenvalue weighted by Crippen LogP contribution is -2.27. The molecule has 154 valence electrons. The van der Waals surface area contributed by atoms with Crippen LogP contribution in [0.3, 0.4) is 0 Å². The predicted octanol–water partition coefficient (Wildman–Crippen LogP) is 6.23. The summed E-state index contributed by atoms with van der Waals surface area (Å²) < 4.78 is 14.3. The average Bonchev–Trinajstić information content (AvgIpc) is 3.23. The Morgan fingerprint density at radius 1 is 1.00 bits per heavy atom. The molecule has 0 spiro atoms. The number of benzene rings is 1. The molecule has 6 heteroatoms. The topological polar surface area (TPSA) is 55.7 Å². The first kappa shape index (κ1) is 19.7. The summed E-state index contributed by atoms with van der Waals surface area (Å²) in [4.78, 5) is 26.7. The van der Waals surface area contributed by atoms with Crippen molar-refractivity contribution < 1.29 is 9.18 Å². The Labute approximate surface area is 183 Å². The molecule has 0 atom stereocenters. The summed E-state index contributed by atoms with van der Waals surface area (Å²) in [6.07, 6.45) is 6.47. The number of Topliss-reactive ketones (excluding diaryl/α,β-unsaturated/α-hetero) is 1. The Morgan fingerprint density at radius 2 is 1.84 bits per heavy atom. The van der Waals surface area contributed by atoms with E-state index in [9.17, 15) is 9.18 Å². The number of hydrogen-bond donors (Lipinski definition) is 0. The van der Waals surface area contributed by atoms with E-state index in [4.69, 9.17) is 4.98 Å². The van der Waals surface area contributed by atoms with Gasteiger partial charge in [0.1, 0.15) is 10.8 Å². The fourth-order valence-corrected chi connectivity index (χ4v) is 4.89. The highest BCUT2D eigenvalue weighted by atomic mass is 32.1. The first-order valence-corrected chi connectivity index (χ1v) is 10.9. The van der Waals surface area contributed by atoms with E-state index in [2.05, 4.69) is 23.8 Å². The van der Waals surface area contributed by atoms with Gasteiger partial charge in [-0.15, -0.1) is 11.3 Å². The summed E-state index contributed by atoms with van der Waals surface area (Å²) in [5.74, 6) is -0.160. The SMILES string of the molecule is CC1(C)CC(=O)c2ccc(-c3ncc(-c4cc(F)cc(-c5cccnc5)c4)s3)nc2C1. The van der Waals surface area contributed by atoms with Crippen LogP contribution in [0.4, 0.5) is 4.39 Å². The summed E-state index contributed by atoms with van der Waals surface area (Å²) >= 11 is 1.46. The highest BCUT2D eigenvalue weighted by molar-refractivity contribution is 7.18. The molecule has 0 saturated carbocycles. The minimum atomic E-state index is -0.307. The van der Waals surface area contributed by atoms with Gasteiger partial charge >= 0.3 is 0 Å². The van der Waals surface area contributed by atoms with E-state index < -0.39 is 0 Å². The fraction of sp³-hybridized carbons (Fsp3) is 0.200. The second-order valence-electron chi connectivity index (χ2n) is 8.63. The van der Waals surface area contributed by atoms with Crippen molar-refractivity contribution in [2.75, 3.05) is 0 Å². The molecule has 3 heterocycles. The van der Waals surface area contributed by atoms with Gasteiger partial charge in [-0.25, -0.2) is 14.4 Å². The molecule has 3 aromatic heterocycles. The minimum Gasteiger partial charge on any atom is -0.294 e. The Bertz CT molecular complexity index is 1300. The number of rotatable bonds is 3. The standard InChI is InChI=1S/C25H20FN3OS/c1-25(2)11-21-19(22(30)12-25)5-6-20(29-21)24-28-14-23(31-24)17-8-16(9-18(26)10-17)15-4-3-7-27-13-15/h3-10,13-14H,11-12H2,1-2H3. The number of carbonyl (C=O) groups is 1. The van der Waals surface area contributed by atoms with E-state index in [0.717, 1.165) is 44.4 Å². The van der Waals surface area contributed by atoms with Gasteiger partial charge in [0.2, 0.25) is 0 Å².